The fourth-order valence-electron chi connectivity index (χ4n) is 1.06. The van der Waals surface area contributed by atoms with Gasteiger partial charge in [-0.25, -0.2) is 0 Å². The fraction of sp³-hybridized carbons (Fsp3) is 0.500. The SMILES string of the molecule is C[Si](C)(C)CCOC[Se]c1ccccc1. The van der Waals surface area contributed by atoms with Gasteiger partial charge in [0.2, 0.25) is 0 Å². The molecule has 0 aliphatic rings. The molecule has 0 atom stereocenters. The number of hydrogen-bond donors (Lipinski definition) is 0. The molecule has 0 aliphatic heterocycles. The van der Waals surface area contributed by atoms with E-state index in [1.54, 1.807) is 0 Å². The Balaban J connectivity index is 2.08. The van der Waals surface area contributed by atoms with E-state index >= 15 is 0 Å². The molecule has 0 radical (unpaired) electrons. The van der Waals surface area contributed by atoms with Crippen molar-refractivity contribution in [2.45, 2.75) is 25.7 Å². The number of benzene rings is 1. The standard InChI is InChI=1S/C12H20OSeSi/c1-15(2,3)10-9-13-11-14-12-7-5-4-6-8-12/h4-8H,9-11H2,1-3H3. The minimum atomic E-state index is -0.905. The van der Waals surface area contributed by atoms with Crippen LogP contribution in [0.2, 0.25) is 25.7 Å². The third kappa shape index (κ3) is 6.91. The summed E-state index contributed by atoms with van der Waals surface area (Å²) in [6.45, 7) is 8.11. The van der Waals surface area contributed by atoms with Crippen LogP contribution in [0.4, 0.5) is 0 Å². The molecule has 0 aromatic heterocycles. The van der Waals surface area contributed by atoms with E-state index in [4.69, 9.17) is 4.74 Å². The summed E-state index contributed by atoms with van der Waals surface area (Å²) in [5, 5.41) is 0. The van der Waals surface area contributed by atoms with Crippen molar-refractivity contribution in [1.29, 1.82) is 0 Å². The van der Waals surface area contributed by atoms with Crippen molar-refractivity contribution in [1.82, 2.24) is 0 Å². The van der Waals surface area contributed by atoms with Gasteiger partial charge >= 0.3 is 100 Å². The second kappa shape index (κ2) is 6.49. The molecule has 0 amide bonds. The van der Waals surface area contributed by atoms with Gasteiger partial charge < -0.3 is 0 Å². The predicted octanol–water partition coefficient (Wildman–Crippen LogP) is 2.33. The first-order valence-electron chi connectivity index (χ1n) is 5.33. The molecule has 0 heterocycles. The van der Waals surface area contributed by atoms with Crippen LogP contribution in [0.5, 0.6) is 0 Å². The molecular formula is C12H20OSeSi. The third-order valence-electron chi connectivity index (χ3n) is 2.05. The maximum atomic E-state index is 5.68. The van der Waals surface area contributed by atoms with Gasteiger partial charge in [0, 0.05) is 0 Å². The minimum absolute atomic E-state index is 0.487. The number of hydrogen-bond acceptors (Lipinski definition) is 1. The molecule has 0 spiro atoms. The zero-order valence-electron chi connectivity index (χ0n) is 9.82. The van der Waals surface area contributed by atoms with Crippen LogP contribution in [0.15, 0.2) is 30.3 Å². The Morgan fingerprint density at radius 3 is 2.40 bits per heavy atom. The van der Waals surface area contributed by atoms with Crippen LogP contribution in [0.1, 0.15) is 0 Å². The van der Waals surface area contributed by atoms with E-state index in [9.17, 15) is 0 Å². The van der Waals surface area contributed by atoms with Crippen molar-refractivity contribution >= 4 is 27.5 Å². The van der Waals surface area contributed by atoms with Gasteiger partial charge in [0.25, 0.3) is 0 Å². The summed E-state index contributed by atoms with van der Waals surface area (Å²) in [5.74, 6) is 0. The molecule has 1 rings (SSSR count). The molecule has 1 aromatic carbocycles. The van der Waals surface area contributed by atoms with Crippen molar-refractivity contribution in [2.75, 3.05) is 12.1 Å². The molecule has 0 aliphatic carbocycles. The van der Waals surface area contributed by atoms with Crippen molar-refractivity contribution in [3.8, 4) is 0 Å². The van der Waals surface area contributed by atoms with Gasteiger partial charge in [0.1, 0.15) is 0 Å². The molecule has 0 fully saturated rings. The zero-order chi connectivity index (χ0) is 11.1. The Hall–Kier alpha value is -0.0836. The van der Waals surface area contributed by atoms with E-state index in [0.29, 0.717) is 15.0 Å². The normalized spacial score (nSPS) is 11.7. The summed E-state index contributed by atoms with van der Waals surface area (Å²) in [7, 11) is -0.905. The molecule has 0 unspecified atom stereocenters. The Kier molecular flexibility index (Phi) is 5.62. The molecule has 1 aromatic rings. The molecule has 0 bridgehead atoms. The zero-order valence-corrected chi connectivity index (χ0v) is 12.5. The maximum absolute atomic E-state index is 5.68. The first kappa shape index (κ1) is 13.0. The van der Waals surface area contributed by atoms with E-state index in [1.807, 2.05) is 0 Å². The van der Waals surface area contributed by atoms with Crippen LogP contribution in [0, 0.1) is 0 Å². The summed E-state index contributed by atoms with van der Waals surface area (Å²) < 4.78 is 7.10. The van der Waals surface area contributed by atoms with Gasteiger partial charge in [-0.1, -0.05) is 0 Å². The van der Waals surface area contributed by atoms with Gasteiger partial charge in [-0.15, -0.1) is 0 Å². The van der Waals surface area contributed by atoms with Gasteiger partial charge in [-0.05, 0) is 0 Å². The predicted molar refractivity (Wildman–Crippen MR) is 70.8 cm³/mol. The Morgan fingerprint density at radius 1 is 1.13 bits per heavy atom. The van der Waals surface area contributed by atoms with Gasteiger partial charge in [-0.2, -0.15) is 0 Å². The van der Waals surface area contributed by atoms with E-state index < -0.39 is 8.07 Å². The van der Waals surface area contributed by atoms with Gasteiger partial charge in [0.15, 0.2) is 0 Å². The fourth-order valence-corrected chi connectivity index (χ4v) is 3.26. The van der Waals surface area contributed by atoms with Gasteiger partial charge in [-0.3, -0.25) is 0 Å². The van der Waals surface area contributed by atoms with Crippen molar-refractivity contribution in [2.24, 2.45) is 0 Å². The van der Waals surface area contributed by atoms with Crippen molar-refractivity contribution < 1.29 is 4.74 Å². The van der Waals surface area contributed by atoms with Crippen LogP contribution < -0.4 is 4.46 Å². The summed E-state index contributed by atoms with van der Waals surface area (Å²) >= 11 is 0.487. The molecule has 0 saturated carbocycles. The summed E-state index contributed by atoms with van der Waals surface area (Å²) in [4.78, 5) is 0. The van der Waals surface area contributed by atoms with E-state index in [2.05, 4.69) is 50.0 Å². The monoisotopic (exact) mass is 288 g/mol. The van der Waals surface area contributed by atoms with E-state index in [0.717, 1.165) is 12.1 Å². The molecule has 3 heteroatoms. The van der Waals surface area contributed by atoms with Crippen LogP contribution in [-0.2, 0) is 4.74 Å². The first-order valence-corrected chi connectivity index (χ1v) is 11.1. The molecule has 15 heavy (non-hydrogen) atoms. The molecular weight excluding hydrogens is 267 g/mol. The Bertz CT molecular complexity index is 269. The van der Waals surface area contributed by atoms with Crippen LogP contribution in [-0.4, -0.2) is 35.1 Å². The molecule has 0 N–H and O–H groups in total. The summed E-state index contributed by atoms with van der Waals surface area (Å²) in [6, 6.07) is 11.9. The second-order valence-electron chi connectivity index (χ2n) is 4.79. The first-order chi connectivity index (χ1) is 7.08. The summed E-state index contributed by atoms with van der Waals surface area (Å²) in [6.07, 6.45) is 0. The van der Waals surface area contributed by atoms with Crippen molar-refractivity contribution in [3.63, 3.8) is 0 Å². The third-order valence-corrected chi connectivity index (χ3v) is 5.62. The van der Waals surface area contributed by atoms with Crippen LogP contribution in [0.3, 0.4) is 0 Å². The van der Waals surface area contributed by atoms with Crippen molar-refractivity contribution in [3.05, 3.63) is 30.3 Å². The average Bonchev–Trinajstić information content (AvgIpc) is 2.17. The molecule has 84 valence electrons. The Labute approximate surface area is 100 Å². The van der Waals surface area contributed by atoms with Crippen LogP contribution in [0.25, 0.3) is 0 Å². The number of ether oxygens (including phenoxy) is 1. The Morgan fingerprint density at radius 2 is 1.80 bits per heavy atom. The molecule has 0 saturated heterocycles. The van der Waals surface area contributed by atoms with Gasteiger partial charge in [0.05, 0.1) is 0 Å². The van der Waals surface area contributed by atoms with E-state index in [1.165, 1.54) is 10.5 Å². The second-order valence-corrected chi connectivity index (χ2v) is 12.5. The average molecular weight is 287 g/mol. The van der Waals surface area contributed by atoms with E-state index in [-0.39, 0.29) is 0 Å². The molecule has 1 nitrogen and oxygen atoms in total. The topological polar surface area (TPSA) is 9.23 Å². The summed E-state index contributed by atoms with van der Waals surface area (Å²) in [5.41, 5.74) is 0.918. The van der Waals surface area contributed by atoms with Crippen LogP contribution >= 0.6 is 0 Å². The quantitative estimate of drug-likeness (QED) is 0.576. The number of rotatable bonds is 6.